The van der Waals surface area contributed by atoms with Crippen molar-refractivity contribution in [3.63, 3.8) is 0 Å². The smallest absolute Gasteiger partial charge is 0.124 e. The van der Waals surface area contributed by atoms with Gasteiger partial charge in [-0.05, 0) is 104 Å². The van der Waals surface area contributed by atoms with Crippen molar-refractivity contribution >= 4 is 34.4 Å². The van der Waals surface area contributed by atoms with Crippen LogP contribution < -0.4 is 29.8 Å². The summed E-state index contributed by atoms with van der Waals surface area (Å²) in [6.45, 7) is 18.9. The minimum atomic E-state index is 0. The van der Waals surface area contributed by atoms with Crippen molar-refractivity contribution in [2.45, 2.75) is 92.9 Å². The average Bonchev–Trinajstić information content (AvgIpc) is 4.15. The zero-order chi connectivity index (χ0) is 47.0. The van der Waals surface area contributed by atoms with Crippen LogP contribution in [0.15, 0.2) is 122 Å². The van der Waals surface area contributed by atoms with Gasteiger partial charge < -0.3 is 40.0 Å². The first-order valence-electron chi connectivity index (χ1n) is 24.0. The molecule has 6 heterocycles. The molecule has 0 N–H and O–H groups in total. The molecule has 4 aromatic heterocycles. The predicted molar refractivity (Wildman–Crippen MR) is 276 cm³/mol. The molecule has 0 saturated heterocycles. The summed E-state index contributed by atoms with van der Waals surface area (Å²) in [7, 11) is 0. The van der Waals surface area contributed by atoms with Crippen molar-refractivity contribution < 1.29 is 42.1 Å². The molecule has 0 atom stereocenters. The van der Waals surface area contributed by atoms with Crippen molar-refractivity contribution in [1.82, 2.24) is 30.4 Å². The molecule has 0 spiro atoms. The van der Waals surface area contributed by atoms with Crippen LogP contribution in [-0.4, -0.2) is 33.3 Å². The Morgan fingerprint density at radius 1 is 0.486 bits per heavy atom. The van der Waals surface area contributed by atoms with Crippen molar-refractivity contribution in [2.75, 3.05) is 32.7 Å². The molecule has 8 aromatic rings. The average molecular weight is 1290 g/mol. The fourth-order valence-electron chi connectivity index (χ4n) is 9.46. The molecular weight excluding hydrogens is 1230 g/mol. The number of benzene rings is 4. The molecule has 4 aromatic carbocycles. The van der Waals surface area contributed by atoms with Gasteiger partial charge in [0.15, 0.2) is 0 Å². The van der Waals surface area contributed by atoms with E-state index in [0.29, 0.717) is 0 Å². The Bertz CT molecular complexity index is 2690. The molecule has 0 aliphatic carbocycles. The van der Waals surface area contributed by atoms with Crippen LogP contribution in [-0.2, 0) is 55.0 Å². The fourth-order valence-corrected chi connectivity index (χ4v) is 9.46. The Morgan fingerprint density at radius 3 is 1.26 bits per heavy atom. The van der Waals surface area contributed by atoms with Gasteiger partial charge in [0.25, 0.3) is 0 Å². The third-order valence-electron chi connectivity index (χ3n) is 12.9. The molecule has 0 radical (unpaired) electrons. The van der Waals surface area contributed by atoms with E-state index < -0.39 is 0 Å². The molecule has 2 aliphatic heterocycles. The maximum Gasteiger partial charge on any atom is 0.124 e. The van der Waals surface area contributed by atoms with Crippen LogP contribution in [0.4, 0.5) is 34.4 Å². The van der Waals surface area contributed by atoms with Crippen LogP contribution in [0.1, 0.15) is 83.6 Å². The summed E-state index contributed by atoms with van der Waals surface area (Å²) in [6, 6.07) is 45.2. The number of hydrogen-bond acceptors (Lipinski definition) is 8. The number of rotatable bonds is 16. The van der Waals surface area contributed by atoms with E-state index in [0.717, 1.165) is 122 Å². The first kappa shape index (κ1) is 52.0. The van der Waals surface area contributed by atoms with E-state index in [2.05, 4.69) is 200 Å². The predicted octanol–water partition coefficient (Wildman–Crippen LogP) is 12.6. The molecule has 10 rings (SSSR count). The third kappa shape index (κ3) is 12.2. The van der Waals surface area contributed by atoms with Crippen LogP contribution >= 0.6 is 0 Å². The molecule has 10 nitrogen and oxygen atoms in total. The van der Waals surface area contributed by atoms with E-state index >= 15 is 0 Å². The number of aryl methyl sites for hydroxylation is 8. The largest absolute Gasteiger partial charge is 0.579 e. The summed E-state index contributed by atoms with van der Waals surface area (Å²) in [4.78, 5) is 18.3. The van der Waals surface area contributed by atoms with Crippen LogP contribution in [0.25, 0.3) is 22.3 Å². The molecule has 0 amide bonds. The van der Waals surface area contributed by atoms with Gasteiger partial charge in [0, 0.05) is 77.3 Å². The van der Waals surface area contributed by atoms with Crippen LogP contribution in [0.3, 0.4) is 0 Å². The van der Waals surface area contributed by atoms with E-state index in [1.54, 1.807) is 0 Å². The zero-order valence-corrected chi connectivity index (χ0v) is 45.4. The third-order valence-corrected chi connectivity index (χ3v) is 12.9. The second-order valence-electron chi connectivity index (χ2n) is 18.1. The van der Waals surface area contributed by atoms with Gasteiger partial charge in [0.05, 0.1) is 0 Å². The van der Waals surface area contributed by atoms with E-state index in [1.165, 1.54) is 44.5 Å². The second kappa shape index (κ2) is 24.3. The Kier molecular flexibility index (Phi) is 18.1. The molecule has 0 unspecified atom stereocenters. The minimum Gasteiger partial charge on any atom is -0.579 e. The van der Waals surface area contributed by atoms with E-state index in [-0.39, 0.29) is 42.1 Å². The summed E-state index contributed by atoms with van der Waals surface area (Å²) in [5.74, 6) is 1.92. The number of anilines is 6. The second-order valence-corrected chi connectivity index (χ2v) is 18.1. The van der Waals surface area contributed by atoms with Crippen molar-refractivity contribution in [1.29, 1.82) is 0 Å². The number of hydrogen-bond donors (Lipinski definition) is 0. The Hall–Kier alpha value is -5.82. The SMILES string of the molecule is Cc1cc(CCCCCN2[CH-]N(c3[c-]cc(-c4c(C)cccc4C)cc3)c3ncccc32)n[n-]1.Cc1cc(CCCCCN2[CH-]N(c3[c-]cc(-c4c(C)cccc4C)cc3)c3ncccc32)n[n-]1.[Pt].[Pt]. The van der Waals surface area contributed by atoms with Gasteiger partial charge >= 0.3 is 0 Å². The maximum atomic E-state index is 4.68. The van der Waals surface area contributed by atoms with Gasteiger partial charge in [0.2, 0.25) is 0 Å². The van der Waals surface area contributed by atoms with Crippen molar-refractivity contribution in [3.8, 4) is 22.3 Å². The first-order chi connectivity index (χ1) is 33.2. The van der Waals surface area contributed by atoms with Crippen LogP contribution in [0, 0.1) is 67.0 Å². The number of unbranched alkanes of at least 4 members (excludes halogenated alkanes) is 4. The van der Waals surface area contributed by atoms with Crippen molar-refractivity contribution in [3.05, 3.63) is 192 Å². The normalized spacial score (nSPS) is 12.5. The van der Waals surface area contributed by atoms with Gasteiger partial charge in [-0.15, -0.1) is 46.0 Å². The van der Waals surface area contributed by atoms with Gasteiger partial charge in [-0.2, -0.15) is 49.7 Å². The first-order valence-corrected chi connectivity index (χ1v) is 24.0. The minimum absolute atomic E-state index is 0. The van der Waals surface area contributed by atoms with Gasteiger partial charge in [-0.25, -0.2) is 9.97 Å². The number of nitrogens with zero attached hydrogens (tertiary/aromatic N) is 10. The number of fused-ring (bicyclic) bond motifs is 2. The Balaban J connectivity index is 0.000000201. The molecule has 12 heteroatoms. The van der Waals surface area contributed by atoms with E-state index in [9.17, 15) is 0 Å². The summed E-state index contributed by atoms with van der Waals surface area (Å²) >= 11 is 0. The number of pyridine rings is 2. The van der Waals surface area contributed by atoms with Crippen LogP contribution in [0.2, 0.25) is 0 Å². The van der Waals surface area contributed by atoms with Gasteiger partial charge in [-0.3, -0.25) is 0 Å². The Labute approximate surface area is 443 Å². The van der Waals surface area contributed by atoms with Crippen LogP contribution in [0.5, 0.6) is 0 Å². The fraction of sp³-hybridized carbons (Fsp3) is 0.276. The summed E-state index contributed by atoms with van der Waals surface area (Å²) in [5.41, 5.74) is 18.6. The molecular formula is C58H60N10Pt2-6. The topological polar surface area (TPSA) is 92.7 Å². The summed E-state index contributed by atoms with van der Waals surface area (Å²) in [6.07, 6.45) is 12.5. The molecule has 368 valence electrons. The summed E-state index contributed by atoms with van der Waals surface area (Å²) < 4.78 is 0. The van der Waals surface area contributed by atoms with E-state index in [1.807, 2.05) is 38.4 Å². The molecule has 2 aliphatic rings. The Morgan fingerprint density at radius 2 is 0.900 bits per heavy atom. The molecule has 0 bridgehead atoms. The van der Waals surface area contributed by atoms with Gasteiger partial charge in [0.1, 0.15) is 11.6 Å². The molecule has 0 saturated carbocycles. The number of aromatic nitrogens is 6. The monoisotopic (exact) mass is 1290 g/mol. The quantitative estimate of drug-likeness (QED) is 0.0688. The summed E-state index contributed by atoms with van der Waals surface area (Å²) in [5, 5.41) is 16.6. The van der Waals surface area contributed by atoms with Gasteiger partial charge in [-0.1, -0.05) is 109 Å². The maximum absolute atomic E-state index is 4.68. The standard InChI is InChI=1S/2C29H30N5.2Pt/c2*1-21-9-7-10-22(2)28(21)24-13-15-26(16-14-24)34-20-33(27-12-8-17-30-29(27)34)18-6-4-5-11-25-19-23(3)31-32-25;;/h2*7-10,12-15,17,19-20H,4-6,11,18H2,1-3H3;;/q2*-3;;. The van der Waals surface area contributed by atoms with Crippen molar-refractivity contribution in [2.24, 2.45) is 0 Å². The zero-order valence-electron chi connectivity index (χ0n) is 40.9. The molecule has 70 heavy (non-hydrogen) atoms. The van der Waals surface area contributed by atoms with E-state index in [4.69, 9.17) is 0 Å². The molecule has 0 fully saturated rings.